The Bertz CT molecular complexity index is 694. The fraction of sp³-hybridized carbons (Fsp3) is 0.625. The van der Waals surface area contributed by atoms with E-state index < -0.39 is 0 Å². The molecule has 31 heavy (non-hydrogen) atoms. The number of nitrogens with zero attached hydrogens (tertiary/aromatic N) is 3. The molecule has 7 heteroatoms. The van der Waals surface area contributed by atoms with Crippen molar-refractivity contribution in [3.63, 3.8) is 0 Å². The Morgan fingerprint density at radius 1 is 1.16 bits per heavy atom. The molecule has 0 atom stereocenters. The Labute approximate surface area is 189 Å². The number of hydrogen-bond donors (Lipinski definition) is 3. The van der Waals surface area contributed by atoms with Gasteiger partial charge in [0.25, 0.3) is 0 Å². The van der Waals surface area contributed by atoms with Crippen molar-refractivity contribution in [2.75, 3.05) is 18.9 Å². The molecular weight excluding hydrogens is 390 g/mol. The van der Waals surface area contributed by atoms with E-state index in [1.807, 2.05) is 72.0 Å². The predicted molar refractivity (Wildman–Crippen MR) is 132 cm³/mol. The smallest absolute Gasteiger partial charge is 0.216 e. The van der Waals surface area contributed by atoms with E-state index in [4.69, 9.17) is 10.8 Å². The van der Waals surface area contributed by atoms with Crippen LogP contribution in [0.4, 0.5) is 5.69 Å². The van der Waals surface area contributed by atoms with Gasteiger partial charge in [0.15, 0.2) is 0 Å². The highest BCUT2D eigenvalue weighted by Gasteiger charge is 2.21. The molecule has 2 rings (SSSR count). The summed E-state index contributed by atoms with van der Waals surface area (Å²) in [5, 5.41) is 20.1. The molecule has 0 radical (unpaired) electrons. The molecule has 0 fully saturated rings. The van der Waals surface area contributed by atoms with E-state index in [0.717, 1.165) is 29.9 Å². The lowest BCUT2D eigenvalue weighted by Crippen LogP contribution is -2.28. The van der Waals surface area contributed by atoms with Crippen LogP contribution < -0.4 is 11.1 Å². The summed E-state index contributed by atoms with van der Waals surface area (Å²) < 4.78 is 1.79. The molecule has 1 aromatic carbocycles. The molecule has 0 spiro atoms. The Morgan fingerprint density at radius 2 is 1.71 bits per heavy atom. The number of nitrogens with one attached hydrogen (secondary N) is 1. The van der Waals surface area contributed by atoms with Gasteiger partial charge in [-0.25, -0.2) is 4.68 Å². The molecule has 7 nitrogen and oxygen atoms in total. The first kappa shape index (κ1) is 30.8. The van der Waals surface area contributed by atoms with E-state index in [9.17, 15) is 4.79 Å². The monoisotopic (exact) mass is 435 g/mol. The van der Waals surface area contributed by atoms with Gasteiger partial charge in [0.2, 0.25) is 5.91 Å². The highest BCUT2D eigenvalue weighted by Crippen LogP contribution is 2.22. The van der Waals surface area contributed by atoms with Gasteiger partial charge in [0.05, 0.1) is 11.7 Å². The third-order valence-electron chi connectivity index (χ3n) is 4.14. The maximum Gasteiger partial charge on any atom is 0.216 e. The van der Waals surface area contributed by atoms with Crippen LogP contribution in [-0.2, 0) is 10.3 Å². The number of rotatable bonds is 7. The van der Waals surface area contributed by atoms with Crippen molar-refractivity contribution in [2.45, 2.75) is 80.7 Å². The average Bonchev–Trinajstić information content (AvgIpc) is 3.23. The van der Waals surface area contributed by atoms with Crippen LogP contribution in [0, 0.1) is 5.92 Å². The Kier molecular flexibility index (Phi) is 17.2. The van der Waals surface area contributed by atoms with Gasteiger partial charge in [-0.15, -0.1) is 5.10 Å². The maximum atomic E-state index is 10.3. The zero-order valence-electron chi connectivity index (χ0n) is 21.1. The van der Waals surface area contributed by atoms with Gasteiger partial charge in [-0.2, -0.15) is 0 Å². The summed E-state index contributed by atoms with van der Waals surface area (Å²) in [6.45, 7) is 18.8. The molecule has 0 aliphatic carbocycles. The summed E-state index contributed by atoms with van der Waals surface area (Å²) in [7, 11) is 0. The van der Waals surface area contributed by atoms with Crippen molar-refractivity contribution in [3.05, 3.63) is 30.5 Å². The largest absolute Gasteiger partial charge is 0.399 e. The minimum absolute atomic E-state index is 0.0654. The number of hydrogen-bond acceptors (Lipinski definition) is 5. The van der Waals surface area contributed by atoms with Crippen LogP contribution in [0.2, 0.25) is 0 Å². The molecule has 1 amide bonds. The Balaban J connectivity index is 0. The van der Waals surface area contributed by atoms with Crippen LogP contribution in [0.1, 0.15) is 75.2 Å². The quantitative estimate of drug-likeness (QED) is 0.538. The molecule has 2 aromatic rings. The van der Waals surface area contributed by atoms with Gasteiger partial charge < -0.3 is 16.2 Å². The van der Waals surface area contributed by atoms with Crippen LogP contribution in [0.25, 0.3) is 11.3 Å². The SMILES string of the molecule is CC.CC.CC(=O)NCCC(C)C.CC(C)(CCO)n1cc(-c2ccc(N)cc2)nn1. The zero-order chi connectivity index (χ0) is 24.4. The molecule has 0 saturated carbocycles. The highest BCUT2D eigenvalue weighted by molar-refractivity contribution is 5.72. The predicted octanol–water partition coefficient (Wildman–Crippen LogP) is 4.87. The van der Waals surface area contributed by atoms with Crippen molar-refractivity contribution in [2.24, 2.45) is 5.92 Å². The number of nitrogens with two attached hydrogens (primary N) is 1. The number of nitrogen functional groups attached to an aromatic ring is 1. The summed E-state index contributed by atoms with van der Waals surface area (Å²) in [5.74, 6) is 0.743. The third kappa shape index (κ3) is 13.5. The Hall–Kier alpha value is -2.41. The fourth-order valence-corrected chi connectivity index (χ4v) is 2.27. The van der Waals surface area contributed by atoms with Crippen molar-refractivity contribution in [1.29, 1.82) is 0 Å². The summed E-state index contributed by atoms with van der Waals surface area (Å²) in [6, 6.07) is 7.52. The van der Waals surface area contributed by atoms with E-state index in [0.29, 0.717) is 12.3 Å². The lowest BCUT2D eigenvalue weighted by atomic mass is 10.0. The molecule has 1 heterocycles. The average molecular weight is 436 g/mol. The minimum atomic E-state index is -0.242. The number of anilines is 1. The van der Waals surface area contributed by atoms with Crippen LogP contribution in [0.5, 0.6) is 0 Å². The molecule has 0 bridgehead atoms. The van der Waals surface area contributed by atoms with Gasteiger partial charge >= 0.3 is 0 Å². The summed E-state index contributed by atoms with van der Waals surface area (Å²) >= 11 is 0. The van der Waals surface area contributed by atoms with Crippen LogP contribution in [0.15, 0.2) is 30.5 Å². The third-order valence-corrected chi connectivity index (χ3v) is 4.14. The number of aliphatic hydroxyl groups excluding tert-OH is 1. The molecule has 0 aliphatic heterocycles. The molecule has 178 valence electrons. The van der Waals surface area contributed by atoms with Crippen molar-refractivity contribution in [3.8, 4) is 11.3 Å². The van der Waals surface area contributed by atoms with E-state index >= 15 is 0 Å². The van der Waals surface area contributed by atoms with E-state index in [2.05, 4.69) is 29.5 Å². The van der Waals surface area contributed by atoms with Gasteiger partial charge in [-0.1, -0.05) is 58.9 Å². The van der Waals surface area contributed by atoms with Gasteiger partial charge in [0.1, 0.15) is 5.69 Å². The molecule has 0 saturated heterocycles. The number of aliphatic hydroxyl groups is 1. The molecule has 4 N–H and O–H groups in total. The number of carbonyl (C=O) groups is 1. The van der Waals surface area contributed by atoms with Crippen molar-refractivity contribution < 1.29 is 9.90 Å². The summed E-state index contributed by atoms with van der Waals surface area (Å²) in [4.78, 5) is 10.3. The standard InChI is InChI=1S/C13H18N4O.C7H15NO.2C2H6/c1-13(2,7-8-18)17-9-12(15-16-17)10-3-5-11(14)6-4-10;1-6(2)4-5-8-7(3)9;2*1-2/h3-6,9,18H,7-8,14H2,1-2H3;6H,4-5H2,1-3H3,(H,8,9);2*1-2H3. The molecular formula is C24H45N5O2. The van der Waals surface area contributed by atoms with E-state index in [1.54, 1.807) is 11.6 Å². The van der Waals surface area contributed by atoms with Crippen LogP contribution in [-0.4, -0.2) is 39.2 Å². The van der Waals surface area contributed by atoms with Gasteiger partial charge in [0, 0.05) is 31.3 Å². The van der Waals surface area contributed by atoms with Crippen molar-refractivity contribution in [1.82, 2.24) is 20.3 Å². The second-order valence-electron chi connectivity index (χ2n) is 7.62. The number of benzene rings is 1. The van der Waals surface area contributed by atoms with E-state index in [1.165, 1.54) is 0 Å². The topological polar surface area (TPSA) is 106 Å². The number of amides is 1. The van der Waals surface area contributed by atoms with E-state index in [-0.39, 0.29) is 18.1 Å². The summed E-state index contributed by atoms with van der Waals surface area (Å²) in [5.41, 5.74) is 7.92. The van der Waals surface area contributed by atoms with Crippen molar-refractivity contribution >= 4 is 11.6 Å². The summed E-state index contributed by atoms with van der Waals surface area (Å²) in [6.07, 6.45) is 3.60. The zero-order valence-corrected chi connectivity index (χ0v) is 21.1. The second kappa shape index (κ2) is 17.3. The highest BCUT2D eigenvalue weighted by atomic mass is 16.3. The molecule has 0 aliphatic rings. The lowest BCUT2D eigenvalue weighted by molar-refractivity contribution is -0.118. The first-order valence-corrected chi connectivity index (χ1v) is 11.3. The number of aromatic nitrogens is 3. The fourth-order valence-electron chi connectivity index (χ4n) is 2.27. The van der Waals surface area contributed by atoms with Crippen LogP contribution in [0.3, 0.4) is 0 Å². The Morgan fingerprint density at radius 3 is 2.16 bits per heavy atom. The molecule has 1 aromatic heterocycles. The first-order valence-electron chi connectivity index (χ1n) is 11.3. The minimum Gasteiger partial charge on any atom is -0.399 e. The van der Waals surface area contributed by atoms with Gasteiger partial charge in [-0.3, -0.25) is 4.79 Å². The van der Waals surface area contributed by atoms with Crippen LogP contribution >= 0.6 is 0 Å². The van der Waals surface area contributed by atoms with Gasteiger partial charge in [-0.05, 0) is 44.7 Å². The second-order valence-corrected chi connectivity index (χ2v) is 7.62. The first-order chi connectivity index (χ1) is 14.7. The lowest BCUT2D eigenvalue weighted by Gasteiger charge is -2.23. The number of carbonyl (C=O) groups excluding carboxylic acids is 1. The molecule has 0 unspecified atom stereocenters. The maximum absolute atomic E-state index is 10.3. The normalized spacial score (nSPS) is 10.0.